The summed E-state index contributed by atoms with van der Waals surface area (Å²) in [7, 11) is 0. The van der Waals surface area contributed by atoms with E-state index in [1.807, 2.05) is 0 Å². The van der Waals surface area contributed by atoms with Crippen LogP contribution in [0, 0.1) is 11.3 Å². The number of hydrogen-bond donors (Lipinski definition) is 1. The number of benzene rings is 1. The Morgan fingerprint density at radius 3 is 2.38 bits per heavy atom. The van der Waals surface area contributed by atoms with Gasteiger partial charge in [-0.15, -0.1) is 0 Å². The summed E-state index contributed by atoms with van der Waals surface area (Å²) in [4.78, 5) is 12.4. The second kappa shape index (κ2) is 8.12. The number of ether oxygens (including phenoxy) is 1. The largest absolute Gasteiger partial charge is 0.484 e. The van der Waals surface area contributed by atoms with E-state index in [0.717, 1.165) is 4.47 Å². The summed E-state index contributed by atoms with van der Waals surface area (Å²) < 4.78 is 23.0. The number of nitrogens with zero attached hydrogens (tertiary/aromatic N) is 1. The van der Waals surface area contributed by atoms with Gasteiger partial charge in [0, 0.05) is 4.47 Å². The van der Waals surface area contributed by atoms with E-state index in [4.69, 9.17) is 18.0 Å². The number of anilines is 1. The zero-order chi connectivity index (χ0) is 20.2. The normalized spacial score (nSPS) is 10.5. The third kappa shape index (κ3) is 3.95. The molecule has 0 unspecified atom stereocenters. The minimum absolute atomic E-state index is 0.00490. The molecule has 4 aromatic rings. The van der Waals surface area contributed by atoms with Crippen LogP contribution in [0.5, 0.6) is 5.75 Å². The number of carbonyl (C=O) groups is 1. The number of hydrogen-bond acceptors (Lipinski definition) is 6. The predicted octanol–water partition coefficient (Wildman–Crippen LogP) is 5.45. The summed E-state index contributed by atoms with van der Waals surface area (Å²) in [5.41, 5.74) is 0.528. The van der Waals surface area contributed by atoms with Gasteiger partial charge in [0.1, 0.15) is 23.1 Å². The number of rotatable bonds is 6. The third-order valence-electron chi connectivity index (χ3n) is 3.97. The molecule has 1 amide bonds. The SMILES string of the molecule is N#Cc1c(NC(=O)COc2ccc(Br)cc2)oc(-c2ccco2)c1-c1ccco1. The second-order valence-electron chi connectivity index (χ2n) is 5.87. The van der Waals surface area contributed by atoms with Gasteiger partial charge >= 0.3 is 0 Å². The van der Waals surface area contributed by atoms with Gasteiger partial charge in [-0.25, -0.2) is 0 Å². The average molecular weight is 453 g/mol. The van der Waals surface area contributed by atoms with E-state index in [1.54, 1.807) is 48.5 Å². The maximum atomic E-state index is 12.4. The van der Waals surface area contributed by atoms with Gasteiger partial charge in [0.2, 0.25) is 5.88 Å². The molecule has 144 valence electrons. The molecule has 29 heavy (non-hydrogen) atoms. The quantitative estimate of drug-likeness (QED) is 0.417. The van der Waals surface area contributed by atoms with E-state index in [1.165, 1.54) is 12.5 Å². The first kappa shape index (κ1) is 18.7. The van der Waals surface area contributed by atoms with Crippen LogP contribution in [0.2, 0.25) is 0 Å². The van der Waals surface area contributed by atoms with Crippen LogP contribution in [0.3, 0.4) is 0 Å². The van der Waals surface area contributed by atoms with Crippen LogP contribution in [0.25, 0.3) is 22.8 Å². The molecule has 0 bridgehead atoms. The first-order chi connectivity index (χ1) is 14.2. The molecular formula is C21H13BrN2O5. The molecular weight excluding hydrogens is 440 g/mol. The minimum Gasteiger partial charge on any atom is -0.484 e. The number of amides is 1. The standard InChI is InChI=1S/C21H13BrN2O5/c22-13-5-7-14(8-6-13)28-12-18(25)24-21-15(11-23)19(16-3-1-9-26-16)20(29-21)17-4-2-10-27-17/h1-10H,12H2,(H,24,25). The van der Waals surface area contributed by atoms with Gasteiger partial charge in [-0.3, -0.25) is 10.1 Å². The van der Waals surface area contributed by atoms with Crippen molar-refractivity contribution < 1.29 is 22.8 Å². The van der Waals surface area contributed by atoms with Crippen molar-refractivity contribution in [3.63, 3.8) is 0 Å². The Bertz CT molecular complexity index is 1150. The molecule has 0 saturated heterocycles. The Morgan fingerprint density at radius 1 is 1.07 bits per heavy atom. The van der Waals surface area contributed by atoms with Crippen molar-refractivity contribution in [2.75, 3.05) is 11.9 Å². The van der Waals surface area contributed by atoms with Crippen molar-refractivity contribution in [2.24, 2.45) is 0 Å². The minimum atomic E-state index is -0.477. The van der Waals surface area contributed by atoms with Crippen LogP contribution in [0.1, 0.15) is 5.56 Å². The monoisotopic (exact) mass is 452 g/mol. The summed E-state index contributed by atoms with van der Waals surface area (Å²) in [6.45, 7) is -0.251. The summed E-state index contributed by atoms with van der Waals surface area (Å²) in [6, 6.07) is 15.9. The van der Waals surface area contributed by atoms with Crippen LogP contribution in [0.15, 0.2) is 78.8 Å². The van der Waals surface area contributed by atoms with Gasteiger partial charge < -0.3 is 18.0 Å². The molecule has 1 N–H and O–H groups in total. The van der Waals surface area contributed by atoms with Crippen molar-refractivity contribution in [1.29, 1.82) is 5.26 Å². The van der Waals surface area contributed by atoms with Crippen molar-refractivity contribution in [1.82, 2.24) is 0 Å². The maximum absolute atomic E-state index is 12.4. The second-order valence-corrected chi connectivity index (χ2v) is 6.78. The molecule has 0 aliphatic heterocycles. The highest BCUT2D eigenvalue weighted by Gasteiger charge is 2.27. The van der Waals surface area contributed by atoms with E-state index >= 15 is 0 Å². The van der Waals surface area contributed by atoms with Gasteiger partial charge in [-0.2, -0.15) is 5.26 Å². The lowest BCUT2D eigenvalue weighted by Gasteiger charge is -2.06. The Balaban J connectivity index is 1.60. The van der Waals surface area contributed by atoms with Gasteiger partial charge in [-0.05, 0) is 48.5 Å². The number of carbonyl (C=O) groups excluding carboxylic acids is 1. The van der Waals surface area contributed by atoms with Crippen LogP contribution in [-0.2, 0) is 4.79 Å². The third-order valence-corrected chi connectivity index (χ3v) is 4.50. The molecule has 0 fully saturated rings. The molecule has 0 aliphatic carbocycles. The highest BCUT2D eigenvalue weighted by Crippen LogP contribution is 2.41. The van der Waals surface area contributed by atoms with Crippen molar-refractivity contribution in [3.05, 3.63) is 71.1 Å². The molecule has 1 aromatic carbocycles. The zero-order valence-corrected chi connectivity index (χ0v) is 16.4. The van der Waals surface area contributed by atoms with Crippen LogP contribution >= 0.6 is 15.9 Å². The van der Waals surface area contributed by atoms with Gasteiger partial charge in [0.15, 0.2) is 18.1 Å². The molecule has 4 rings (SSSR count). The van der Waals surface area contributed by atoms with Crippen molar-refractivity contribution in [2.45, 2.75) is 0 Å². The lowest BCUT2D eigenvalue weighted by atomic mass is 10.1. The molecule has 8 heteroatoms. The Labute approximate surface area is 173 Å². The summed E-state index contributed by atoms with van der Waals surface area (Å²) in [6.07, 6.45) is 2.97. The fourth-order valence-corrected chi connectivity index (χ4v) is 2.97. The summed E-state index contributed by atoms with van der Waals surface area (Å²) >= 11 is 3.33. The zero-order valence-electron chi connectivity index (χ0n) is 14.8. The van der Waals surface area contributed by atoms with E-state index < -0.39 is 5.91 Å². The summed E-state index contributed by atoms with van der Waals surface area (Å²) in [5.74, 6) is 1.16. The predicted molar refractivity (Wildman–Crippen MR) is 107 cm³/mol. The molecule has 0 aliphatic rings. The molecule has 0 radical (unpaired) electrons. The Hall–Kier alpha value is -3.70. The summed E-state index contributed by atoms with van der Waals surface area (Å²) in [5, 5.41) is 12.3. The van der Waals surface area contributed by atoms with Gasteiger partial charge in [-0.1, -0.05) is 15.9 Å². The van der Waals surface area contributed by atoms with Crippen LogP contribution in [0.4, 0.5) is 5.88 Å². The lowest BCUT2D eigenvalue weighted by Crippen LogP contribution is -2.20. The van der Waals surface area contributed by atoms with Crippen molar-refractivity contribution in [3.8, 4) is 34.7 Å². The molecule has 0 atom stereocenters. The van der Waals surface area contributed by atoms with E-state index in [0.29, 0.717) is 22.8 Å². The fourth-order valence-electron chi connectivity index (χ4n) is 2.71. The van der Waals surface area contributed by atoms with Gasteiger partial charge in [0.05, 0.1) is 18.1 Å². The number of furan rings is 3. The smallest absolute Gasteiger partial charge is 0.264 e. The first-order valence-electron chi connectivity index (χ1n) is 8.48. The highest BCUT2D eigenvalue weighted by molar-refractivity contribution is 9.10. The number of halogens is 1. The average Bonchev–Trinajstić information content (AvgIpc) is 3.47. The van der Waals surface area contributed by atoms with E-state index in [9.17, 15) is 10.1 Å². The molecule has 3 aromatic heterocycles. The maximum Gasteiger partial charge on any atom is 0.264 e. The van der Waals surface area contributed by atoms with E-state index in [2.05, 4.69) is 27.3 Å². The molecule has 7 nitrogen and oxygen atoms in total. The molecule has 0 spiro atoms. The number of nitrogens with one attached hydrogen (secondary N) is 1. The number of nitriles is 1. The Morgan fingerprint density at radius 2 is 1.76 bits per heavy atom. The highest BCUT2D eigenvalue weighted by atomic mass is 79.9. The lowest BCUT2D eigenvalue weighted by molar-refractivity contribution is -0.118. The van der Waals surface area contributed by atoms with Crippen molar-refractivity contribution >= 4 is 27.7 Å². The first-order valence-corrected chi connectivity index (χ1v) is 9.28. The van der Waals surface area contributed by atoms with Crippen LogP contribution in [-0.4, -0.2) is 12.5 Å². The van der Waals surface area contributed by atoms with Gasteiger partial charge in [0.25, 0.3) is 5.91 Å². The van der Waals surface area contributed by atoms with E-state index in [-0.39, 0.29) is 23.8 Å². The Kier molecular flexibility index (Phi) is 5.22. The topological polar surface area (TPSA) is 102 Å². The van der Waals surface area contributed by atoms with Crippen LogP contribution < -0.4 is 10.1 Å². The fraction of sp³-hybridized carbons (Fsp3) is 0.0476. The molecule has 3 heterocycles. The molecule has 0 saturated carbocycles.